The molecule has 0 saturated carbocycles. The van der Waals surface area contributed by atoms with Crippen LogP contribution in [-0.4, -0.2) is 10.8 Å². The van der Waals surface area contributed by atoms with Crippen LogP contribution in [0.25, 0.3) is 0 Å². The molecule has 0 aromatic heterocycles. The van der Waals surface area contributed by atoms with Crippen molar-refractivity contribution in [2.75, 3.05) is 0 Å². The molecular weight excluding hydrogens is 162 g/mol. The number of rotatable bonds is 3. The van der Waals surface area contributed by atoms with Gasteiger partial charge in [0.1, 0.15) is 11.4 Å². The zero-order chi connectivity index (χ0) is 9.68. The van der Waals surface area contributed by atoms with Gasteiger partial charge in [0, 0.05) is 5.71 Å². The van der Waals surface area contributed by atoms with E-state index in [9.17, 15) is 5.11 Å². The van der Waals surface area contributed by atoms with Gasteiger partial charge < -0.3 is 5.11 Å². The Labute approximate surface area is 78.9 Å². The third-order valence-corrected chi connectivity index (χ3v) is 1.70. The third-order valence-electron chi connectivity index (χ3n) is 1.70. The summed E-state index contributed by atoms with van der Waals surface area (Å²) < 4.78 is 0. The maximum absolute atomic E-state index is 9.39. The van der Waals surface area contributed by atoms with Gasteiger partial charge in [0.2, 0.25) is 0 Å². The summed E-state index contributed by atoms with van der Waals surface area (Å²) in [5.41, 5.74) is 1.41. The standard InChI is InChI=1S/C11H14NO/c1-3-6-9(2)12-10-7-4-5-8-11(10)13/h4-5,7-8,13H,2-3,6H2,1H3. The number of phenols is 1. The SMILES string of the molecule is [CH2]C(CCC)=Nc1ccccc1O. The Morgan fingerprint density at radius 2 is 2.15 bits per heavy atom. The lowest BCUT2D eigenvalue weighted by Crippen LogP contribution is -1.88. The van der Waals surface area contributed by atoms with E-state index in [0.29, 0.717) is 5.69 Å². The largest absolute Gasteiger partial charge is 0.506 e. The Kier molecular flexibility index (Phi) is 3.50. The van der Waals surface area contributed by atoms with Gasteiger partial charge in [0.25, 0.3) is 0 Å². The van der Waals surface area contributed by atoms with Gasteiger partial charge in [0.15, 0.2) is 0 Å². The first-order chi connectivity index (χ1) is 6.24. The van der Waals surface area contributed by atoms with Crippen LogP contribution in [0, 0.1) is 6.92 Å². The Morgan fingerprint density at radius 1 is 1.46 bits per heavy atom. The molecule has 1 radical (unpaired) electrons. The lowest BCUT2D eigenvalue weighted by molar-refractivity contribution is 0.477. The molecular formula is C11H14NO. The molecule has 0 unspecified atom stereocenters. The number of para-hydroxylation sites is 2. The van der Waals surface area contributed by atoms with Gasteiger partial charge in [-0.25, -0.2) is 0 Å². The predicted molar refractivity (Wildman–Crippen MR) is 55.5 cm³/mol. The molecule has 0 bridgehead atoms. The molecule has 0 saturated heterocycles. The summed E-state index contributed by atoms with van der Waals surface area (Å²) in [5, 5.41) is 9.39. The van der Waals surface area contributed by atoms with Gasteiger partial charge in [-0.3, -0.25) is 4.99 Å². The van der Waals surface area contributed by atoms with E-state index in [-0.39, 0.29) is 5.75 Å². The fraction of sp³-hybridized carbons (Fsp3) is 0.273. The summed E-state index contributed by atoms with van der Waals surface area (Å²) in [6, 6.07) is 7.02. The quantitative estimate of drug-likeness (QED) is 0.705. The maximum atomic E-state index is 9.39. The van der Waals surface area contributed by atoms with Crippen LogP contribution in [0.4, 0.5) is 5.69 Å². The molecule has 0 aliphatic carbocycles. The number of nitrogens with zero attached hydrogens (tertiary/aromatic N) is 1. The van der Waals surface area contributed by atoms with Crippen LogP contribution in [-0.2, 0) is 0 Å². The van der Waals surface area contributed by atoms with Gasteiger partial charge in [-0.15, -0.1) is 0 Å². The molecule has 0 fully saturated rings. The van der Waals surface area contributed by atoms with Gasteiger partial charge in [-0.1, -0.05) is 25.5 Å². The fourth-order valence-electron chi connectivity index (χ4n) is 1.07. The lowest BCUT2D eigenvalue weighted by atomic mass is 10.2. The molecule has 69 valence electrons. The van der Waals surface area contributed by atoms with Crippen molar-refractivity contribution in [3.63, 3.8) is 0 Å². The highest BCUT2D eigenvalue weighted by atomic mass is 16.3. The molecule has 0 amide bonds. The van der Waals surface area contributed by atoms with Gasteiger partial charge in [-0.2, -0.15) is 0 Å². The zero-order valence-electron chi connectivity index (χ0n) is 7.83. The van der Waals surface area contributed by atoms with E-state index in [1.807, 2.05) is 6.07 Å². The first kappa shape index (κ1) is 9.78. The first-order valence-electron chi connectivity index (χ1n) is 4.41. The highest BCUT2D eigenvalue weighted by Crippen LogP contribution is 2.25. The molecule has 2 heteroatoms. The fourth-order valence-corrected chi connectivity index (χ4v) is 1.07. The number of phenolic OH excluding ortho intramolecular Hbond substituents is 1. The highest BCUT2D eigenvalue weighted by molar-refractivity contribution is 5.91. The Bertz CT molecular complexity index is 305. The summed E-state index contributed by atoms with van der Waals surface area (Å²) in [6.07, 6.45) is 1.89. The van der Waals surface area contributed by atoms with Crippen LogP contribution in [0.2, 0.25) is 0 Å². The molecule has 0 aliphatic heterocycles. The van der Waals surface area contributed by atoms with E-state index < -0.39 is 0 Å². The lowest BCUT2D eigenvalue weighted by Gasteiger charge is -2.00. The normalized spacial score (nSPS) is 11.7. The second-order valence-electron chi connectivity index (χ2n) is 2.92. The van der Waals surface area contributed by atoms with Crippen molar-refractivity contribution >= 4 is 11.4 Å². The minimum atomic E-state index is 0.208. The summed E-state index contributed by atoms with van der Waals surface area (Å²) in [6.45, 7) is 5.88. The van der Waals surface area contributed by atoms with Crippen molar-refractivity contribution < 1.29 is 5.11 Å². The van der Waals surface area contributed by atoms with Crippen LogP contribution in [0.15, 0.2) is 29.3 Å². The summed E-state index contributed by atoms with van der Waals surface area (Å²) in [4.78, 5) is 4.20. The van der Waals surface area contributed by atoms with E-state index in [0.717, 1.165) is 18.6 Å². The van der Waals surface area contributed by atoms with Crippen LogP contribution >= 0.6 is 0 Å². The molecule has 0 atom stereocenters. The van der Waals surface area contributed by atoms with Crippen molar-refractivity contribution in [3.8, 4) is 5.75 Å². The Morgan fingerprint density at radius 3 is 2.77 bits per heavy atom. The van der Waals surface area contributed by atoms with E-state index in [1.54, 1.807) is 18.2 Å². The van der Waals surface area contributed by atoms with Gasteiger partial charge >= 0.3 is 0 Å². The van der Waals surface area contributed by atoms with Crippen LogP contribution in [0.3, 0.4) is 0 Å². The summed E-state index contributed by atoms with van der Waals surface area (Å²) >= 11 is 0. The number of hydrogen-bond acceptors (Lipinski definition) is 2. The number of aliphatic imine (C=N–C) groups is 1. The molecule has 1 aromatic rings. The molecule has 1 aromatic carbocycles. The van der Waals surface area contributed by atoms with E-state index >= 15 is 0 Å². The monoisotopic (exact) mass is 176 g/mol. The first-order valence-corrected chi connectivity index (χ1v) is 4.41. The molecule has 0 spiro atoms. The molecule has 1 N–H and O–H groups in total. The minimum Gasteiger partial charge on any atom is -0.506 e. The Balaban J connectivity index is 2.84. The average molecular weight is 176 g/mol. The van der Waals surface area contributed by atoms with Crippen LogP contribution in [0.1, 0.15) is 19.8 Å². The molecule has 0 heterocycles. The van der Waals surface area contributed by atoms with Crippen molar-refractivity contribution in [2.24, 2.45) is 4.99 Å². The van der Waals surface area contributed by atoms with E-state index in [4.69, 9.17) is 0 Å². The summed E-state index contributed by atoms with van der Waals surface area (Å²) in [7, 11) is 0. The number of aromatic hydroxyl groups is 1. The molecule has 0 aliphatic rings. The predicted octanol–water partition coefficient (Wildman–Crippen LogP) is 3.10. The van der Waals surface area contributed by atoms with Gasteiger partial charge in [0.05, 0.1) is 0 Å². The molecule has 2 nitrogen and oxygen atoms in total. The topological polar surface area (TPSA) is 32.6 Å². The Hall–Kier alpha value is -1.31. The van der Waals surface area contributed by atoms with Crippen molar-refractivity contribution in [3.05, 3.63) is 31.2 Å². The average Bonchev–Trinajstić information content (AvgIpc) is 2.09. The van der Waals surface area contributed by atoms with Crippen molar-refractivity contribution in [1.82, 2.24) is 0 Å². The molecule has 1 rings (SSSR count). The zero-order valence-corrected chi connectivity index (χ0v) is 7.83. The third kappa shape index (κ3) is 2.90. The second-order valence-corrected chi connectivity index (χ2v) is 2.92. The number of hydrogen-bond donors (Lipinski definition) is 1. The van der Waals surface area contributed by atoms with E-state index in [1.165, 1.54) is 0 Å². The molecule has 13 heavy (non-hydrogen) atoms. The second kappa shape index (κ2) is 4.65. The minimum absolute atomic E-state index is 0.208. The van der Waals surface area contributed by atoms with Crippen molar-refractivity contribution in [2.45, 2.75) is 19.8 Å². The summed E-state index contributed by atoms with van der Waals surface area (Å²) in [5.74, 6) is 0.208. The van der Waals surface area contributed by atoms with E-state index in [2.05, 4.69) is 18.8 Å². The smallest absolute Gasteiger partial charge is 0.141 e. The van der Waals surface area contributed by atoms with Crippen LogP contribution in [0.5, 0.6) is 5.75 Å². The number of benzene rings is 1. The maximum Gasteiger partial charge on any atom is 0.141 e. The van der Waals surface area contributed by atoms with Crippen LogP contribution < -0.4 is 0 Å². The van der Waals surface area contributed by atoms with Gasteiger partial charge in [-0.05, 0) is 25.5 Å². The van der Waals surface area contributed by atoms with Crippen molar-refractivity contribution in [1.29, 1.82) is 0 Å². The highest BCUT2D eigenvalue weighted by Gasteiger charge is 1.97.